The van der Waals surface area contributed by atoms with E-state index in [0.29, 0.717) is 11.2 Å². The molecule has 14 heavy (non-hydrogen) atoms. The summed E-state index contributed by atoms with van der Waals surface area (Å²) in [6.45, 7) is 0. The zero-order valence-corrected chi connectivity index (χ0v) is 8.16. The Balaban J connectivity index is 2.42. The van der Waals surface area contributed by atoms with Gasteiger partial charge in [-0.3, -0.25) is 0 Å². The summed E-state index contributed by atoms with van der Waals surface area (Å²) in [4.78, 5) is 14.7. The Morgan fingerprint density at radius 1 is 1.29 bits per heavy atom. The number of imidazole rings is 1. The predicted molar refractivity (Wildman–Crippen MR) is 48.3 cm³/mol. The molecule has 0 radical (unpaired) electrons. The number of hydrogen-bond acceptors (Lipinski definition) is 5. The van der Waals surface area contributed by atoms with E-state index in [1.807, 2.05) is 0 Å². The highest BCUT2D eigenvalue weighted by Crippen LogP contribution is 2.19. The van der Waals surface area contributed by atoms with Gasteiger partial charge in [0, 0.05) is 0 Å². The molecule has 2 aromatic heterocycles. The maximum atomic E-state index is 5.11. The van der Waals surface area contributed by atoms with Crippen LogP contribution >= 0.6 is 23.7 Å². The van der Waals surface area contributed by atoms with Gasteiger partial charge in [0.25, 0.3) is 6.29 Å². The third-order valence-corrected chi connectivity index (χ3v) is 1.89. The molecule has 0 amide bonds. The van der Waals surface area contributed by atoms with E-state index < -0.39 is 6.29 Å². The molecule has 0 atom stereocenters. The van der Waals surface area contributed by atoms with Crippen LogP contribution in [0.25, 0.3) is 11.2 Å². The number of aromatic nitrogens is 4. The van der Waals surface area contributed by atoms with Crippen molar-refractivity contribution in [3.8, 4) is 0 Å². The van der Waals surface area contributed by atoms with E-state index in [4.69, 9.17) is 23.7 Å². The molecule has 2 rings (SSSR count). The van der Waals surface area contributed by atoms with Gasteiger partial charge in [-0.2, -0.15) is 0 Å². The number of halogens is 2. The highest BCUT2D eigenvalue weighted by molar-refractivity contribution is 6.09. The van der Waals surface area contributed by atoms with Gasteiger partial charge in [0.1, 0.15) is 5.52 Å². The number of hydrogen-bond donors (Lipinski definition) is 1. The lowest BCUT2D eigenvalue weighted by Gasteiger charge is -2.05. The summed E-state index contributed by atoms with van der Waals surface area (Å²) in [6, 6.07) is 0. The highest BCUT2D eigenvalue weighted by atomic mass is 35.5. The van der Waals surface area contributed by atoms with Crippen LogP contribution < -0.4 is 0 Å². The molecule has 0 aromatic carbocycles. The van der Waals surface area contributed by atoms with Gasteiger partial charge in [-0.05, 0) is 0 Å². The van der Waals surface area contributed by atoms with E-state index in [2.05, 4.69) is 28.5 Å². The summed E-state index contributed by atoms with van der Waals surface area (Å²) in [5, 5.41) is 0. The van der Waals surface area contributed by atoms with Gasteiger partial charge in [-0.1, -0.05) is 0 Å². The van der Waals surface area contributed by atoms with Crippen molar-refractivity contribution in [2.24, 2.45) is 0 Å². The van der Waals surface area contributed by atoms with Crippen molar-refractivity contribution in [1.29, 1.82) is 0 Å². The summed E-state index contributed by atoms with van der Waals surface area (Å²) in [5.41, 5.74) is 1.19. The van der Waals surface area contributed by atoms with Gasteiger partial charge in [0.15, 0.2) is 11.5 Å². The zero-order valence-electron chi connectivity index (χ0n) is 6.65. The Labute approximate surface area is 88.5 Å². The van der Waals surface area contributed by atoms with E-state index in [1.54, 1.807) is 0 Å². The Bertz CT molecular complexity index is 430. The van der Waals surface area contributed by atoms with Gasteiger partial charge in [0.2, 0.25) is 0 Å². The van der Waals surface area contributed by atoms with Gasteiger partial charge >= 0.3 is 0 Å². The minimum Gasteiger partial charge on any atom is -0.342 e. The van der Waals surface area contributed by atoms with E-state index in [0.717, 1.165) is 0 Å². The first-order chi connectivity index (χ1) is 6.85. The second-order valence-electron chi connectivity index (χ2n) is 2.38. The number of fused-ring (bicyclic) bond motifs is 1. The molecular weight excluding hydrogens is 231 g/mol. The maximum Gasteiger partial charge on any atom is 0.255 e. The average molecular weight is 235 g/mol. The van der Waals surface area contributed by atoms with Crippen molar-refractivity contribution < 1.29 is 8.58 Å². The molecule has 0 spiro atoms. The Hall–Kier alpha value is -0.950. The van der Waals surface area contributed by atoms with Crippen LogP contribution in [0.1, 0.15) is 12.1 Å². The van der Waals surface area contributed by atoms with Crippen LogP contribution in [0.15, 0.2) is 12.5 Å². The number of H-pyrrole nitrogens is 1. The second kappa shape index (κ2) is 4.05. The first-order valence-electron chi connectivity index (χ1n) is 3.56. The van der Waals surface area contributed by atoms with Gasteiger partial charge in [0.05, 0.1) is 36.3 Å². The number of aromatic amines is 1. The van der Waals surface area contributed by atoms with Crippen molar-refractivity contribution >= 4 is 34.9 Å². The quantitative estimate of drug-likeness (QED) is 0.819. The fraction of sp³-hybridized carbons (Fsp3) is 0.167. The molecular formula is C6H4Cl2N4O2. The Kier molecular flexibility index (Phi) is 2.78. The first kappa shape index (κ1) is 9.60. The summed E-state index contributed by atoms with van der Waals surface area (Å²) >= 11 is 10.2. The average Bonchev–Trinajstić information content (AvgIpc) is 2.66. The van der Waals surface area contributed by atoms with Crippen LogP contribution in [-0.4, -0.2) is 19.9 Å². The van der Waals surface area contributed by atoms with Crippen molar-refractivity contribution in [3.05, 3.63) is 18.3 Å². The standard InChI is InChI=1S/C6H4Cl2N4O2/c7-13-6(14-8)5-9-1-3-4(12-5)11-2-10-3/h1-2,6H,(H,9,10,11,12). The second-order valence-corrected chi connectivity index (χ2v) is 2.73. The van der Waals surface area contributed by atoms with Crippen LogP contribution in [0.3, 0.4) is 0 Å². The Morgan fingerprint density at radius 3 is 2.79 bits per heavy atom. The largest absolute Gasteiger partial charge is 0.342 e. The molecule has 0 bridgehead atoms. The zero-order chi connectivity index (χ0) is 9.97. The fourth-order valence-corrected chi connectivity index (χ4v) is 1.23. The topological polar surface area (TPSA) is 72.9 Å². The Morgan fingerprint density at radius 2 is 2.07 bits per heavy atom. The molecule has 0 saturated carbocycles. The lowest BCUT2D eigenvalue weighted by atomic mass is 10.5. The molecule has 0 aliphatic rings. The molecule has 0 saturated heterocycles. The van der Waals surface area contributed by atoms with E-state index >= 15 is 0 Å². The van der Waals surface area contributed by atoms with Gasteiger partial charge in [-0.15, -0.1) is 0 Å². The third kappa shape index (κ3) is 1.64. The van der Waals surface area contributed by atoms with Crippen LogP contribution in [0.5, 0.6) is 0 Å². The van der Waals surface area contributed by atoms with Crippen LogP contribution in [0, 0.1) is 0 Å². The lowest BCUT2D eigenvalue weighted by Crippen LogP contribution is -2.04. The number of rotatable bonds is 3. The summed E-state index contributed by atoms with van der Waals surface area (Å²) in [6.07, 6.45) is 2.02. The molecule has 8 heteroatoms. The van der Waals surface area contributed by atoms with E-state index in [9.17, 15) is 0 Å². The van der Waals surface area contributed by atoms with E-state index in [1.165, 1.54) is 12.5 Å². The molecule has 0 aliphatic heterocycles. The van der Waals surface area contributed by atoms with Crippen LogP contribution in [0.2, 0.25) is 0 Å². The van der Waals surface area contributed by atoms with Crippen LogP contribution in [-0.2, 0) is 8.58 Å². The van der Waals surface area contributed by atoms with Crippen molar-refractivity contribution in [1.82, 2.24) is 19.9 Å². The van der Waals surface area contributed by atoms with Crippen molar-refractivity contribution in [3.63, 3.8) is 0 Å². The van der Waals surface area contributed by atoms with Gasteiger partial charge < -0.3 is 4.98 Å². The summed E-state index contributed by atoms with van der Waals surface area (Å²) in [7, 11) is 0. The van der Waals surface area contributed by atoms with Crippen LogP contribution in [0.4, 0.5) is 0 Å². The minimum absolute atomic E-state index is 0.203. The third-order valence-electron chi connectivity index (χ3n) is 1.57. The lowest BCUT2D eigenvalue weighted by molar-refractivity contribution is 0.0125. The normalized spacial score (nSPS) is 11.4. The number of nitrogens with one attached hydrogen (secondary N) is 1. The SMILES string of the molecule is ClOC(OCl)c1ncc2[nH]cnc2n1. The molecule has 0 fully saturated rings. The van der Waals surface area contributed by atoms with Crippen molar-refractivity contribution in [2.75, 3.05) is 0 Å². The smallest absolute Gasteiger partial charge is 0.255 e. The first-order valence-corrected chi connectivity index (χ1v) is 4.17. The highest BCUT2D eigenvalue weighted by Gasteiger charge is 2.16. The molecule has 6 nitrogen and oxygen atoms in total. The monoisotopic (exact) mass is 234 g/mol. The number of nitrogens with zero attached hydrogens (tertiary/aromatic N) is 3. The van der Waals surface area contributed by atoms with E-state index in [-0.39, 0.29) is 5.82 Å². The molecule has 1 N–H and O–H groups in total. The van der Waals surface area contributed by atoms with Gasteiger partial charge in [-0.25, -0.2) is 23.5 Å². The molecule has 74 valence electrons. The molecule has 2 heterocycles. The molecule has 0 aliphatic carbocycles. The summed E-state index contributed by atoms with van der Waals surface area (Å²) in [5.74, 6) is 0.203. The minimum atomic E-state index is -1.01. The predicted octanol–water partition coefficient (Wildman–Crippen LogP) is 1.69. The fourth-order valence-electron chi connectivity index (χ4n) is 0.956. The summed E-state index contributed by atoms with van der Waals surface area (Å²) < 4.78 is 8.73. The molecule has 2 aromatic rings. The molecule has 0 unspecified atom stereocenters. The maximum absolute atomic E-state index is 5.11. The van der Waals surface area contributed by atoms with Crippen molar-refractivity contribution in [2.45, 2.75) is 6.29 Å².